The van der Waals surface area contributed by atoms with Crippen molar-refractivity contribution in [2.75, 3.05) is 24.5 Å². The minimum absolute atomic E-state index is 0.479. The van der Waals surface area contributed by atoms with Gasteiger partial charge >= 0.3 is 0 Å². The van der Waals surface area contributed by atoms with Crippen LogP contribution >= 0.6 is 0 Å². The average molecular weight is 257 g/mol. The summed E-state index contributed by atoms with van der Waals surface area (Å²) >= 11 is 0. The lowest BCUT2D eigenvalue weighted by Gasteiger charge is -2.26. The van der Waals surface area contributed by atoms with Crippen molar-refractivity contribution in [3.05, 3.63) is 35.9 Å². The van der Waals surface area contributed by atoms with E-state index in [9.17, 15) is 0 Å². The number of aromatic nitrogens is 1. The quantitative estimate of drug-likeness (QED) is 0.895. The number of hydrogen-bond donors (Lipinski definition) is 1. The van der Waals surface area contributed by atoms with Crippen LogP contribution in [0.4, 0.5) is 5.82 Å². The van der Waals surface area contributed by atoms with Crippen molar-refractivity contribution < 1.29 is 0 Å². The predicted octanol–water partition coefficient (Wildman–Crippen LogP) is 2.96. The molecule has 2 rings (SSSR count). The molecule has 1 aromatic heterocycles. The zero-order valence-corrected chi connectivity index (χ0v) is 12.1. The highest BCUT2D eigenvalue weighted by Gasteiger charge is 2.13. The summed E-state index contributed by atoms with van der Waals surface area (Å²) in [6, 6.07) is 10.5. The Labute approximate surface area is 115 Å². The Kier molecular flexibility index (Phi) is 4.38. The molecule has 0 aliphatic heterocycles. The van der Waals surface area contributed by atoms with Crippen LogP contribution in [0.2, 0.25) is 0 Å². The van der Waals surface area contributed by atoms with Crippen LogP contribution in [0.25, 0.3) is 10.9 Å². The molecule has 0 spiro atoms. The van der Waals surface area contributed by atoms with E-state index in [0.29, 0.717) is 12.5 Å². The third kappa shape index (κ3) is 3.04. The van der Waals surface area contributed by atoms with E-state index in [1.807, 2.05) is 6.07 Å². The maximum absolute atomic E-state index is 5.73. The van der Waals surface area contributed by atoms with Gasteiger partial charge in [-0.25, -0.2) is 4.98 Å². The summed E-state index contributed by atoms with van der Waals surface area (Å²) in [6.07, 6.45) is 0. The van der Waals surface area contributed by atoms with Gasteiger partial charge in [0, 0.05) is 18.5 Å². The minimum atomic E-state index is 0.479. The monoisotopic (exact) mass is 257 g/mol. The fourth-order valence-electron chi connectivity index (χ4n) is 2.35. The first kappa shape index (κ1) is 13.8. The van der Waals surface area contributed by atoms with Crippen molar-refractivity contribution in [1.29, 1.82) is 0 Å². The standard InChI is InChI=1S/C16H23N3/c1-4-19(11-12(2)10-17)16-13(3)9-14-7-5-6-8-15(14)18-16/h5-9,12H,4,10-11,17H2,1-3H3. The highest BCUT2D eigenvalue weighted by molar-refractivity contribution is 5.81. The number of nitrogens with two attached hydrogens (primary N) is 1. The van der Waals surface area contributed by atoms with Crippen LogP contribution in [0, 0.1) is 12.8 Å². The number of nitrogens with zero attached hydrogens (tertiary/aromatic N) is 2. The van der Waals surface area contributed by atoms with E-state index in [0.717, 1.165) is 24.4 Å². The first-order valence-electron chi connectivity index (χ1n) is 6.97. The van der Waals surface area contributed by atoms with Crippen LogP contribution in [0.5, 0.6) is 0 Å². The molecule has 3 heteroatoms. The van der Waals surface area contributed by atoms with Gasteiger partial charge in [0.2, 0.25) is 0 Å². The van der Waals surface area contributed by atoms with Gasteiger partial charge in [-0.15, -0.1) is 0 Å². The van der Waals surface area contributed by atoms with Gasteiger partial charge in [0.1, 0.15) is 5.82 Å². The third-order valence-electron chi connectivity index (χ3n) is 3.50. The number of anilines is 1. The summed E-state index contributed by atoms with van der Waals surface area (Å²) in [5, 5.41) is 1.20. The van der Waals surface area contributed by atoms with E-state index in [1.54, 1.807) is 0 Å². The Morgan fingerprint density at radius 2 is 2.05 bits per heavy atom. The second kappa shape index (κ2) is 6.02. The van der Waals surface area contributed by atoms with Crippen LogP contribution in [-0.4, -0.2) is 24.6 Å². The summed E-state index contributed by atoms with van der Waals surface area (Å²) in [4.78, 5) is 7.14. The van der Waals surface area contributed by atoms with Crippen molar-refractivity contribution >= 4 is 16.7 Å². The molecule has 0 aliphatic carbocycles. The van der Waals surface area contributed by atoms with Gasteiger partial charge in [-0.2, -0.15) is 0 Å². The molecule has 1 heterocycles. The van der Waals surface area contributed by atoms with Gasteiger partial charge in [-0.1, -0.05) is 25.1 Å². The van der Waals surface area contributed by atoms with Crippen LogP contribution in [0.1, 0.15) is 19.4 Å². The lowest BCUT2D eigenvalue weighted by atomic mass is 10.1. The van der Waals surface area contributed by atoms with Crippen molar-refractivity contribution in [1.82, 2.24) is 4.98 Å². The molecule has 0 fully saturated rings. The van der Waals surface area contributed by atoms with Gasteiger partial charge in [-0.3, -0.25) is 0 Å². The molecule has 0 radical (unpaired) electrons. The van der Waals surface area contributed by atoms with Crippen molar-refractivity contribution in [3.8, 4) is 0 Å². The van der Waals surface area contributed by atoms with E-state index in [-0.39, 0.29) is 0 Å². The van der Waals surface area contributed by atoms with Crippen molar-refractivity contribution in [2.45, 2.75) is 20.8 Å². The average Bonchev–Trinajstić information content (AvgIpc) is 2.44. The number of rotatable bonds is 5. The summed E-state index contributed by atoms with van der Waals surface area (Å²) in [5.41, 5.74) is 8.02. The van der Waals surface area contributed by atoms with Gasteiger partial charge in [-0.05, 0) is 44.0 Å². The summed E-state index contributed by atoms with van der Waals surface area (Å²) in [5.74, 6) is 1.56. The number of aryl methyl sites for hydroxylation is 1. The van der Waals surface area contributed by atoms with Gasteiger partial charge in [0.15, 0.2) is 0 Å². The molecule has 2 N–H and O–H groups in total. The molecule has 0 saturated carbocycles. The van der Waals surface area contributed by atoms with Crippen LogP contribution in [-0.2, 0) is 0 Å². The third-order valence-corrected chi connectivity index (χ3v) is 3.50. The molecular formula is C16H23N3. The molecule has 3 nitrogen and oxygen atoms in total. The largest absolute Gasteiger partial charge is 0.356 e. The highest BCUT2D eigenvalue weighted by atomic mass is 15.2. The molecule has 19 heavy (non-hydrogen) atoms. The molecule has 1 unspecified atom stereocenters. The smallest absolute Gasteiger partial charge is 0.132 e. The lowest BCUT2D eigenvalue weighted by Crippen LogP contribution is -2.32. The number of benzene rings is 1. The normalized spacial score (nSPS) is 12.6. The zero-order valence-electron chi connectivity index (χ0n) is 12.1. The summed E-state index contributed by atoms with van der Waals surface area (Å²) < 4.78 is 0. The maximum Gasteiger partial charge on any atom is 0.132 e. The predicted molar refractivity (Wildman–Crippen MR) is 82.6 cm³/mol. The van der Waals surface area contributed by atoms with E-state index in [2.05, 4.69) is 49.9 Å². The number of pyridine rings is 1. The molecule has 2 aromatic rings. The summed E-state index contributed by atoms with van der Waals surface area (Å²) in [7, 11) is 0. The molecule has 0 amide bonds. The number of hydrogen-bond acceptors (Lipinski definition) is 3. The second-order valence-corrected chi connectivity index (χ2v) is 5.20. The van der Waals surface area contributed by atoms with Crippen LogP contribution in [0.3, 0.4) is 0 Å². The Hall–Kier alpha value is -1.61. The van der Waals surface area contributed by atoms with E-state index < -0.39 is 0 Å². The minimum Gasteiger partial charge on any atom is -0.356 e. The molecule has 0 aliphatic rings. The zero-order chi connectivity index (χ0) is 13.8. The first-order chi connectivity index (χ1) is 9.15. The molecular weight excluding hydrogens is 234 g/mol. The fraction of sp³-hybridized carbons (Fsp3) is 0.438. The van der Waals surface area contributed by atoms with Gasteiger partial charge < -0.3 is 10.6 Å². The Balaban J connectivity index is 2.39. The van der Waals surface area contributed by atoms with Crippen LogP contribution < -0.4 is 10.6 Å². The Morgan fingerprint density at radius 1 is 1.32 bits per heavy atom. The fourth-order valence-corrected chi connectivity index (χ4v) is 2.35. The molecule has 0 bridgehead atoms. The van der Waals surface area contributed by atoms with E-state index in [1.165, 1.54) is 10.9 Å². The van der Waals surface area contributed by atoms with E-state index >= 15 is 0 Å². The second-order valence-electron chi connectivity index (χ2n) is 5.20. The molecule has 0 saturated heterocycles. The Morgan fingerprint density at radius 3 is 2.74 bits per heavy atom. The van der Waals surface area contributed by atoms with E-state index in [4.69, 9.17) is 10.7 Å². The van der Waals surface area contributed by atoms with Crippen molar-refractivity contribution in [3.63, 3.8) is 0 Å². The highest BCUT2D eigenvalue weighted by Crippen LogP contribution is 2.23. The summed E-state index contributed by atoms with van der Waals surface area (Å²) in [6.45, 7) is 9.10. The van der Waals surface area contributed by atoms with Crippen molar-refractivity contribution in [2.24, 2.45) is 11.7 Å². The number of para-hydroxylation sites is 1. The van der Waals surface area contributed by atoms with Gasteiger partial charge in [0.05, 0.1) is 5.52 Å². The topological polar surface area (TPSA) is 42.1 Å². The molecule has 102 valence electrons. The SMILES string of the molecule is CCN(CC(C)CN)c1nc2ccccc2cc1C. The van der Waals surface area contributed by atoms with Gasteiger partial charge in [0.25, 0.3) is 0 Å². The molecule has 1 atom stereocenters. The lowest BCUT2D eigenvalue weighted by molar-refractivity contribution is 0.573. The number of fused-ring (bicyclic) bond motifs is 1. The molecule has 1 aromatic carbocycles. The first-order valence-corrected chi connectivity index (χ1v) is 6.97. The Bertz CT molecular complexity index is 551. The maximum atomic E-state index is 5.73. The van der Waals surface area contributed by atoms with Crippen LogP contribution in [0.15, 0.2) is 30.3 Å².